The Morgan fingerprint density at radius 1 is 1.46 bits per heavy atom. The summed E-state index contributed by atoms with van der Waals surface area (Å²) in [7, 11) is 1.78. The molecule has 1 atom stereocenters. The average Bonchev–Trinajstić information content (AvgIpc) is 2.97. The number of hydrogen-bond acceptors (Lipinski definition) is 7. The molecule has 0 bridgehead atoms. The van der Waals surface area contributed by atoms with Gasteiger partial charge in [-0.2, -0.15) is 0 Å². The number of anilines is 3. The molecule has 7 nitrogen and oxygen atoms in total. The molecule has 0 fully saturated rings. The van der Waals surface area contributed by atoms with Gasteiger partial charge >= 0.3 is 0 Å². The van der Waals surface area contributed by atoms with E-state index in [2.05, 4.69) is 20.8 Å². The van der Waals surface area contributed by atoms with Gasteiger partial charge in [-0.3, -0.25) is 9.59 Å². The molecular formula is C15H17N5O2S2. The number of carbonyl (C=O) groups excluding carboxylic acids is 2. The van der Waals surface area contributed by atoms with Gasteiger partial charge in [0.2, 0.25) is 16.9 Å². The van der Waals surface area contributed by atoms with Crippen LogP contribution in [0, 0.1) is 0 Å². The van der Waals surface area contributed by atoms with E-state index in [1.165, 1.54) is 23.1 Å². The van der Waals surface area contributed by atoms with Crippen molar-refractivity contribution in [1.82, 2.24) is 10.2 Å². The van der Waals surface area contributed by atoms with E-state index in [1.807, 2.05) is 31.2 Å². The van der Waals surface area contributed by atoms with Crippen LogP contribution >= 0.6 is 23.1 Å². The lowest BCUT2D eigenvalue weighted by molar-refractivity contribution is -0.117. The second kappa shape index (κ2) is 7.18. The number of fused-ring (bicyclic) bond motifs is 1. The lowest BCUT2D eigenvalue weighted by Crippen LogP contribution is -2.40. The Hall–Kier alpha value is -2.13. The molecule has 0 saturated heterocycles. The second-order valence-electron chi connectivity index (χ2n) is 5.29. The standard InChI is InChI=1S/C15H17N5O2S2/c1-9-7-12(21)17-10-5-3-4-6-11(10)20(9)13(22)8-23-15-19-18-14(16-2)24-15/h3-6,9H,7-8H2,1-2H3,(H,16,18)(H,17,21)/t9-/m1/s1. The molecule has 9 heteroatoms. The van der Waals surface area contributed by atoms with Crippen molar-refractivity contribution in [1.29, 1.82) is 0 Å². The van der Waals surface area contributed by atoms with Crippen molar-refractivity contribution < 1.29 is 9.59 Å². The van der Waals surface area contributed by atoms with Crippen molar-refractivity contribution in [2.45, 2.75) is 23.7 Å². The Labute approximate surface area is 147 Å². The first-order chi connectivity index (χ1) is 11.6. The van der Waals surface area contributed by atoms with Crippen LogP contribution in [0.25, 0.3) is 0 Å². The molecule has 1 aliphatic heterocycles. The van der Waals surface area contributed by atoms with Crippen molar-refractivity contribution >= 4 is 51.4 Å². The van der Waals surface area contributed by atoms with Gasteiger partial charge in [0.05, 0.1) is 17.1 Å². The summed E-state index contributed by atoms with van der Waals surface area (Å²) >= 11 is 2.76. The molecule has 0 radical (unpaired) electrons. The van der Waals surface area contributed by atoms with Gasteiger partial charge in [-0.15, -0.1) is 10.2 Å². The largest absolute Gasteiger partial charge is 0.363 e. The molecular weight excluding hydrogens is 346 g/mol. The highest BCUT2D eigenvalue weighted by atomic mass is 32.2. The topological polar surface area (TPSA) is 87.2 Å². The molecule has 0 spiro atoms. The summed E-state index contributed by atoms with van der Waals surface area (Å²) < 4.78 is 0.734. The number of nitrogens with zero attached hydrogens (tertiary/aromatic N) is 3. The van der Waals surface area contributed by atoms with E-state index in [4.69, 9.17) is 0 Å². The monoisotopic (exact) mass is 363 g/mol. The number of aromatic nitrogens is 2. The van der Waals surface area contributed by atoms with Crippen molar-refractivity contribution in [2.75, 3.05) is 28.3 Å². The summed E-state index contributed by atoms with van der Waals surface area (Å²) in [5.74, 6) is 0.101. The van der Waals surface area contributed by atoms with Crippen LogP contribution in [-0.2, 0) is 9.59 Å². The van der Waals surface area contributed by atoms with Crippen LogP contribution in [0.15, 0.2) is 28.6 Å². The average molecular weight is 363 g/mol. The van der Waals surface area contributed by atoms with Gasteiger partial charge in [-0.05, 0) is 19.1 Å². The summed E-state index contributed by atoms with van der Waals surface area (Å²) in [4.78, 5) is 26.4. The number of rotatable bonds is 4. The molecule has 1 aromatic carbocycles. The number of para-hydroxylation sites is 2. The smallest absolute Gasteiger partial charge is 0.237 e. The normalized spacial score (nSPS) is 17.0. The second-order valence-corrected chi connectivity index (χ2v) is 7.49. The van der Waals surface area contributed by atoms with E-state index in [1.54, 1.807) is 11.9 Å². The number of benzene rings is 1. The summed E-state index contributed by atoms with van der Waals surface area (Å²) in [5, 5.41) is 14.5. The van der Waals surface area contributed by atoms with Crippen LogP contribution in [-0.4, -0.2) is 40.9 Å². The van der Waals surface area contributed by atoms with Gasteiger partial charge < -0.3 is 15.5 Å². The molecule has 0 unspecified atom stereocenters. The minimum Gasteiger partial charge on any atom is -0.363 e. The summed E-state index contributed by atoms with van der Waals surface area (Å²) in [6, 6.07) is 7.16. The maximum atomic E-state index is 12.8. The van der Waals surface area contributed by atoms with E-state index in [0.29, 0.717) is 10.8 Å². The Morgan fingerprint density at radius 2 is 2.25 bits per heavy atom. The van der Waals surface area contributed by atoms with Gasteiger partial charge in [0, 0.05) is 19.5 Å². The maximum Gasteiger partial charge on any atom is 0.237 e. The molecule has 3 rings (SSSR count). The van der Waals surface area contributed by atoms with Gasteiger partial charge in [-0.1, -0.05) is 35.2 Å². The van der Waals surface area contributed by atoms with Gasteiger partial charge in [0.25, 0.3) is 0 Å². The first-order valence-corrected chi connectivity index (χ1v) is 9.23. The molecule has 0 aliphatic carbocycles. The van der Waals surface area contributed by atoms with Crippen LogP contribution in [0.4, 0.5) is 16.5 Å². The SMILES string of the molecule is CNc1nnc(SCC(=O)N2c3ccccc3NC(=O)C[C@H]2C)s1. The van der Waals surface area contributed by atoms with E-state index in [-0.39, 0.29) is 30.0 Å². The first-order valence-electron chi connectivity index (χ1n) is 7.43. The summed E-state index contributed by atoms with van der Waals surface area (Å²) in [6.07, 6.45) is 0.272. The highest BCUT2D eigenvalue weighted by molar-refractivity contribution is 8.01. The van der Waals surface area contributed by atoms with Gasteiger partial charge in [0.15, 0.2) is 4.34 Å². The zero-order valence-corrected chi connectivity index (χ0v) is 14.9. The Kier molecular flexibility index (Phi) is 5.00. The predicted octanol–water partition coefficient (Wildman–Crippen LogP) is 2.44. The Bertz CT molecular complexity index is 764. The third kappa shape index (κ3) is 3.51. The number of amides is 2. The lowest BCUT2D eigenvalue weighted by Gasteiger charge is -2.27. The zero-order chi connectivity index (χ0) is 17.1. The van der Waals surface area contributed by atoms with Crippen molar-refractivity contribution in [3.63, 3.8) is 0 Å². The van der Waals surface area contributed by atoms with E-state index >= 15 is 0 Å². The third-order valence-electron chi connectivity index (χ3n) is 3.57. The minimum atomic E-state index is -0.205. The van der Waals surface area contributed by atoms with E-state index < -0.39 is 0 Å². The Morgan fingerprint density at radius 3 is 3.00 bits per heavy atom. The zero-order valence-electron chi connectivity index (χ0n) is 13.3. The number of carbonyl (C=O) groups is 2. The molecule has 2 aromatic rings. The first kappa shape index (κ1) is 16.7. The third-order valence-corrected chi connectivity index (χ3v) is 5.63. The van der Waals surface area contributed by atoms with Crippen LogP contribution in [0.5, 0.6) is 0 Å². The molecule has 24 heavy (non-hydrogen) atoms. The maximum absolute atomic E-state index is 12.8. The summed E-state index contributed by atoms with van der Waals surface area (Å²) in [5.41, 5.74) is 1.40. The molecule has 2 heterocycles. The molecule has 126 valence electrons. The van der Waals surface area contributed by atoms with Crippen LogP contribution in [0.1, 0.15) is 13.3 Å². The van der Waals surface area contributed by atoms with Crippen molar-refractivity contribution in [3.8, 4) is 0 Å². The van der Waals surface area contributed by atoms with Crippen molar-refractivity contribution in [3.05, 3.63) is 24.3 Å². The van der Waals surface area contributed by atoms with Crippen molar-refractivity contribution in [2.24, 2.45) is 0 Å². The molecule has 0 saturated carbocycles. The van der Waals surface area contributed by atoms with E-state index in [0.717, 1.165) is 10.0 Å². The minimum absolute atomic E-state index is 0.0577. The fourth-order valence-corrected chi connectivity index (χ4v) is 4.09. The Balaban J connectivity index is 1.78. The highest BCUT2D eigenvalue weighted by Gasteiger charge is 2.29. The molecule has 1 aromatic heterocycles. The molecule has 2 N–H and O–H groups in total. The number of nitrogens with one attached hydrogen (secondary N) is 2. The summed E-state index contributed by atoms with van der Waals surface area (Å²) in [6.45, 7) is 1.88. The van der Waals surface area contributed by atoms with E-state index in [9.17, 15) is 9.59 Å². The predicted molar refractivity (Wildman–Crippen MR) is 96.8 cm³/mol. The molecule has 2 amide bonds. The quantitative estimate of drug-likeness (QED) is 0.812. The molecule has 1 aliphatic rings. The van der Waals surface area contributed by atoms with Gasteiger partial charge in [-0.25, -0.2) is 0 Å². The number of hydrogen-bond donors (Lipinski definition) is 2. The van der Waals surface area contributed by atoms with Gasteiger partial charge in [0.1, 0.15) is 0 Å². The van der Waals surface area contributed by atoms with Crippen LogP contribution in [0.2, 0.25) is 0 Å². The lowest BCUT2D eigenvalue weighted by atomic mass is 10.2. The van der Waals surface area contributed by atoms with Crippen LogP contribution in [0.3, 0.4) is 0 Å². The highest BCUT2D eigenvalue weighted by Crippen LogP contribution is 2.32. The fraction of sp³-hybridized carbons (Fsp3) is 0.333. The van der Waals surface area contributed by atoms with Crippen LogP contribution < -0.4 is 15.5 Å². The fourth-order valence-electron chi connectivity index (χ4n) is 2.53. The number of thioether (sulfide) groups is 1.